The first kappa shape index (κ1) is 14.6. The number of aldehydes is 1. The number of carbonyl (C=O) groups is 3. The maximum absolute atomic E-state index is 11.3. The second kappa shape index (κ2) is 8.88. The number of hydrogen-bond acceptors (Lipinski definition) is 3. The number of hydrogen-bond donors (Lipinski definition) is 2. The lowest BCUT2D eigenvalue weighted by Gasteiger charge is -2.11. The van der Waals surface area contributed by atoms with Crippen LogP contribution in [-0.2, 0) is 14.4 Å². The predicted molar refractivity (Wildman–Crippen MR) is 59.0 cm³/mol. The van der Waals surface area contributed by atoms with E-state index in [9.17, 15) is 14.4 Å². The van der Waals surface area contributed by atoms with Gasteiger partial charge in [-0.1, -0.05) is 19.8 Å². The maximum Gasteiger partial charge on any atom is 0.303 e. The number of rotatable bonds is 9. The molecule has 0 aliphatic carbocycles. The van der Waals surface area contributed by atoms with Gasteiger partial charge in [-0.2, -0.15) is 0 Å². The van der Waals surface area contributed by atoms with E-state index in [0.717, 1.165) is 19.3 Å². The van der Waals surface area contributed by atoms with Crippen molar-refractivity contribution >= 4 is 18.2 Å². The molecular formula is C11H19NO4. The first-order chi connectivity index (χ1) is 7.60. The van der Waals surface area contributed by atoms with Gasteiger partial charge < -0.3 is 15.2 Å². The minimum absolute atomic E-state index is 0.112. The van der Waals surface area contributed by atoms with Crippen LogP contribution in [0.4, 0.5) is 0 Å². The monoisotopic (exact) mass is 229 g/mol. The molecule has 0 bridgehead atoms. The van der Waals surface area contributed by atoms with Gasteiger partial charge in [0.15, 0.2) is 0 Å². The second-order valence-electron chi connectivity index (χ2n) is 3.70. The van der Waals surface area contributed by atoms with Crippen LogP contribution < -0.4 is 5.32 Å². The minimum atomic E-state index is -0.966. The molecule has 0 radical (unpaired) electrons. The van der Waals surface area contributed by atoms with Crippen LogP contribution in [0.1, 0.15) is 45.4 Å². The first-order valence-corrected chi connectivity index (χ1v) is 5.56. The summed E-state index contributed by atoms with van der Waals surface area (Å²) in [6, 6.07) is -0.676. The first-order valence-electron chi connectivity index (χ1n) is 5.56. The van der Waals surface area contributed by atoms with Crippen LogP contribution in [0.25, 0.3) is 0 Å². The standard InChI is InChI=1S/C11H19NO4/c1-2-3-4-5-10(14)12-9(8-13)6-7-11(15)16/h8-9H,2-7H2,1H3,(H,12,14)(H,15,16)/t9-/m1/s1. The van der Waals surface area contributed by atoms with Crippen molar-refractivity contribution < 1.29 is 19.5 Å². The number of carbonyl (C=O) groups excluding carboxylic acids is 2. The molecule has 0 rings (SSSR count). The number of aliphatic carboxylic acids is 1. The zero-order valence-corrected chi connectivity index (χ0v) is 9.57. The molecule has 0 saturated heterocycles. The fourth-order valence-electron chi connectivity index (χ4n) is 1.27. The molecule has 0 unspecified atom stereocenters. The van der Waals surface area contributed by atoms with Crippen LogP contribution in [0, 0.1) is 0 Å². The molecule has 1 atom stereocenters. The Morgan fingerprint density at radius 3 is 2.50 bits per heavy atom. The maximum atomic E-state index is 11.3. The Morgan fingerprint density at radius 2 is 2.00 bits per heavy atom. The fraction of sp³-hybridized carbons (Fsp3) is 0.727. The quantitative estimate of drug-likeness (QED) is 0.458. The molecule has 92 valence electrons. The molecule has 0 aliphatic rings. The van der Waals surface area contributed by atoms with Crippen LogP contribution in [0.3, 0.4) is 0 Å². The lowest BCUT2D eigenvalue weighted by molar-refractivity contribution is -0.137. The Labute approximate surface area is 95.2 Å². The highest BCUT2D eigenvalue weighted by Gasteiger charge is 2.12. The van der Waals surface area contributed by atoms with Gasteiger partial charge in [0.1, 0.15) is 6.29 Å². The lowest BCUT2D eigenvalue weighted by Crippen LogP contribution is -2.36. The molecule has 16 heavy (non-hydrogen) atoms. The summed E-state index contributed by atoms with van der Waals surface area (Å²) in [5, 5.41) is 10.9. The largest absolute Gasteiger partial charge is 0.481 e. The molecule has 5 nitrogen and oxygen atoms in total. The van der Waals surface area contributed by atoms with E-state index in [1.165, 1.54) is 0 Å². The Balaban J connectivity index is 3.78. The van der Waals surface area contributed by atoms with E-state index in [-0.39, 0.29) is 18.7 Å². The average Bonchev–Trinajstić information content (AvgIpc) is 2.24. The van der Waals surface area contributed by atoms with Crippen LogP contribution in [0.5, 0.6) is 0 Å². The van der Waals surface area contributed by atoms with E-state index in [2.05, 4.69) is 5.32 Å². The van der Waals surface area contributed by atoms with Crippen molar-refractivity contribution in [3.63, 3.8) is 0 Å². The van der Waals surface area contributed by atoms with Gasteiger partial charge in [-0.25, -0.2) is 0 Å². The Morgan fingerprint density at radius 1 is 1.31 bits per heavy atom. The summed E-state index contributed by atoms with van der Waals surface area (Å²) in [5.41, 5.74) is 0. The summed E-state index contributed by atoms with van der Waals surface area (Å²) in [5.74, 6) is -1.15. The minimum Gasteiger partial charge on any atom is -0.481 e. The van der Waals surface area contributed by atoms with Gasteiger partial charge in [0.2, 0.25) is 5.91 Å². The molecule has 1 amide bonds. The highest BCUT2D eigenvalue weighted by Crippen LogP contribution is 2.00. The fourth-order valence-corrected chi connectivity index (χ4v) is 1.27. The van der Waals surface area contributed by atoms with Gasteiger partial charge in [-0.05, 0) is 12.8 Å². The van der Waals surface area contributed by atoms with Gasteiger partial charge in [0.25, 0.3) is 0 Å². The zero-order valence-electron chi connectivity index (χ0n) is 9.57. The molecular weight excluding hydrogens is 210 g/mol. The van der Waals surface area contributed by atoms with E-state index in [4.69, 9.17) is 5.11 Å². The summed E-state index contributed by atoms with van der Waals surface area (Å²) < 4.78 is 0. The smallest absolute Gasteiger partial charge is 0.303 e. The molecule has 0 saturated carbocycles. The molecule has 2 N–H and O–H groups in total. The van der Waals surface area contributed by atoms with Crippen LogP contribution in [-0.4, -0.2) is 29.3 Å². The van der Waals surface area contributed by atoms with Crippen molar-refractivity contribution in [2.75, 3.05) is 0 Å². The lowest BCUT2D eigenvalue weighted by atomic mass is 10.1. The summed E-state index contributed by atoms with van der Waals surface area (Å²) in [6.07, 6.45) is 3.83. The molecule has 0 aromatic rings. The molecule has 0 heterocycles. The van der Waals surface area contributed by atoms with E-state index >= 15 is 0 Å². The van der Waals surface area contributed by atoms with Crippen molar-refractivity contribution in [3.8, 4) is 0 Å². The number of amides is 1. The Kier molecular flexibility index (Phi) is 8.11. The van der Waals surface area contributed by atoms with Crippen molar-refractivity contribution in [1.29, 1.82) is 0 Å². The van der Waals surface area contributed by atoms with Gasteiger partial charge in [-0.3, -0.25) is 9.59 Å². The second-order valence-corrected chi connectivity index (χ2v) is 3.70. The van der Waals surface area contributed by atoms with Crippen LogP contribution in [0.2, 0.25) is 0 Å². The van der Waals surface area contributed by atoms with E-state index in [0.29, 0.717) is 12.7 Å². The summed E-state index contributed by atoms with van der Waals surface area (Å²) in [6.45, 7) is 2.04. The van der Waals surface area contributed by atoms with Gasteiger partial charge in [0.05, 0.1) is 6.04 Å². The van der Waals surface area contributed by atoms with Crippen molar-refractivity contribution in [1.82, 2.24) is 5.32 Å². The van der Waals surface area contributed by atoms with Crippen molar-refractivity contribution in [2.45, 2.75) is 51.5 Å². The molecule has 0 aromatic heterocycles. The molecule has 0 fully saturated rings. The van der Waals surface area contributed by atoms with E-state index in [1.807, 2.05) is 6.92 Å². The zero-order chi connectivity index (χ0) is 12.4. The highest BCUT2D eigenvalue weighted by molar-refractivity contribution is 5.79. The van der Waals surface area contributed by atoms with Crippen molar-refractivity contribution in [2.24, 2.45) is 0 Å². The van der Waals surface area contributed by atoms with Gasteiger partial charge in [-0.15, -0.1) is 0 Å². The van der Waals surface area contributed by atoms with E-state index in [1.54, 1.807) is 0 Å². The summed E-state index contributed by atoms with van der Waals surface area (Å²) in [7, 11) is 0. The molecule has 5 heteroatoms. The Hall–Kier alpha value is -1.39. The topological polar surface area (TPSA) is 83.5 Å². The Bertz CT molecular complexity index is 240. The van der Waals surface area contributed by atoms with Gasteiger partial charge >= 0.3 is 5.97 Å². The third-order valence-corrected chi connectivity index (χ3v) is 2.19. The predicted octanol–water partition coefficient (Wildman–Crippen LogP) is 1.12. The number of unbranched alkanes of at least 4 members (excludes halogenated alkanes) is 2. The third-order valence-electron chi connectivity index (χ3n) is 2.19. The van der Waals surface area contributed by atoms with Crippen LogP contribution >= 0.6 is 0 Å². The van der Waals surface area contributed by atoms with Crippen LogP contribution in [0.15, 0.2) is 0 Å². The highest BCUT2D eigenvalue weighted by atomic mass is 16.4. The average molecular weight is 229 g/mol. The third kappa shape index (κ3) is 7.96. The number of carboxylic acid groups (broad SMARTS) is 1. The molecule has 0 aliphatic heterocycles. The van der Waals surface area contributed by atoms with Crippen molar-refractivity contribution in [3.05, 3.63) is 0 Å². The SMILES string of the molecule is CCCCCC(=O)N[C@@H](C=O)CCC(=O)O. The summed E-state index contributed by atoms with van der Waals surface area (Å²) >= 11 is 0. The van der Waals surface area contributed by atoms with Gasteiger partial charge in [0, 0.05) is 12.8 Å². The number of carboxylic acids is 1. The number of nitrogens with one attached hydrogen (secondary N) is 1. The molecule has 0 spiro atoms. The van der Waals surface area contributed by atoms with E-state index < -0.39 is 12.0 Å². The molecule has 0 aromatic carbocycles. The normalized spacial score (nSPS) is 11.8. The summed E-state index contributed by atoms with van der Waals surface area (Å²) in [4.78, 5) is 32.2.